The van der Waals surface area contributed by atoms with Gasteiger partial charge in [0, 0.05) is 22.6 Å². The summed E-state index contributed by atoms with van der Waals surface area (Å²) in [6.07, 6.45) is 1.45. The number of para-hydroxylation sites is 1. The predicted octanol–water partition coefficient (Wildman–Crippen LogP) is 6.30. The average Bonchev–Trinajstić information content (AvgIpc) is 3.52. The van der Waals surface area contributed by atoms with Gasteiger partial charge in [0.05, 0.1) is 28.9 Å². The molecule has 5 aromatic rings. The molecular formula is C31H31FN6O3S. The lowest BCUT2D eigenvalue weighted by Crippen LogP contribution is -2.31. The van der Waals surface area contributed by atoms with Crippen molar-refractivity contribution in [2.24, 2.45) is 0 Å². The van der Waals surface area contributed by atoms with Crippen LogP contribution in [0.2, 0.25) is 0 Å². The van der Waals surface area contributed by atoms with E-state index in [1.54, 1.807) is 42.5 Å². The SMILES string of the molecule is Cc1cc2cc(C(=O)c3cnn(-c4ccc(Oc5ccccc5F)cc4C)c3N)[nH]c2cc1NSCC(=O)NC(C)C. The molecule has 0 aliphatic rings. The van der Waals surface area contributed by atoms with E-state index in [2.05, 4.69) is 20.1 Å². The van der Waals surface area contributed by atoms with Gasteiger partial charge in [-0.05, 0) is 99.3 Å². The monoisotopic (exact) mass is 586 g/mol. The molecule has 0 bridgehead atoms. The number of rotatable bonds is 10. The number of amides is 1. The molecule has 0 fully saturated rings. The molecule has 5 N–H and O–H groups in total. The number of fused-ring (bicyclic) bond motifs is 1. The molecule has 0 saturated carbocycles. The van der Waals surface area contributed by atoms with Crippen molar-refractivity contribution in [3.8, 4) is 17.2 Å². The third-order valence-electron chi connectivity index (χ3n) is 6.56. The highest BCUT2D eigenvalue weighted by Gasteiger charge is 2.21. The number of hydrogen-bond donors (Lipinski definition) is 4. The molecule has 2 heterocycles. The number of benzene rings is 3. The Labute approximate surface area is 246 Å². The van der Waals surface area contributed by atoms with Gasteiger partial charge in [-0.25, -0.2) is 9.07 Å². The third-order valence-corrected chi connectivity index (χ3v) is 7.33. The van der Waals surface area contributed by atoms with Crippen LogP contribution in [0.3, 0.4) is 0 Å². The van der Waals surface area contributed by atoms with Crippen molar-refractivity contribution in [2.45, 2.75) is 33.7 Å². The Bertz CT molecular complexity index is 1800. The number of hydrogen-bond acceptors (Lipinski definition) is 7. The van der Waals surface area contributed by atoms with Gasteiger partial charge in [-0.2, -0.15) is 5.10 Å². The van der Waals surface area contributed by atoms with Gasteiger partial charge in [-0.3, -0.25) is 9.59 Å². The number of halogens is 1. The Morgan fingerprint density at radius 2 is 1.88 bits per heavy atom. The van der Waals surface area contributed by atoms with Crippen molar-refractivity contribution in [1.82, 2.24) is 20.1 Å². The summed E-state index contributed by atoms with van der Waals surface area (Å²) in [5.41, 5.74) is 11.1. The number of carbonyl (C=O) groups excluding carboxylic acids is 2. The zero-order valence-corrected chi connectivity index (χ0v) is 24.4. The van der Waals surface area contributed by atoms with E-state index in [4.69, 9.17) is 10.5 Å². The normalized spacial score (nSPS) is 11.2. The first-order valence-corrected chi connectivity index (χ1v) is 14.3. The Kier molecular flexibility index (Phi) is 8.21. The molecule has 0 unspecified atom stereocenters. The van der Waals surface area contributed by atoms with Crippen LogP contribution in [0.4, 0.5) is 15.9 Å². The van der Waals surface area contributed by atoms with Gasteiger partial charge in [-0.1, -0.05) is 12.1 Å². The molecule has 11 heteroatoms. The van der Waals surface area contributed by atoms with Crippen LogP contribution < -0.4 is 20.5 Å². The second-order valence-corrected chi connectivity index (χ2v) is 11.0. The first-order chi connectivity index (χ1) is 20.1. The molecule has 216 valence electrons. The second kappa shape index (κ2) is 12.0. The lowest BCUT2D eigenvalue weighted by atomic mass is 10.1. The molecule has 9 nitrogen and oxygen atoms in total. The first-order valence-electron chi connectivity index (χ1n) is 13.3. The molecule has 0 aliphatic heterocycles. The summed E-state index contributed by atoms with van der Waals surface area (Å²) in [4.78, 5) is 28.6. The van der Waals surface area contributed by atoms with E-state index < -0.39 is 5.82 Å². The lowest BCUT2D eigenvalue weighted by Gasteiger charge is -2.12. The maximum atomic E-state index is 14.0. The van der Waals surface area contributed by atoms with E-state index in [0.717, 1.165) is 27.7 Å². The van der Waals surface area contributed by atoms with E-state index in [9.17, 15) is 14.0 Å². The number of nitrogens with one attached hydrogen (secondary N) is 3. The topological polar surface area (TPSA) is 127 Å². The van der Waals surface area contributed by atoms with Crippen LogP contribution in [-0.2, 0) is 4.79 Å². The molecule has 3 aromatic carbocycles. The van der Waals surface area contributed by atoms with Crippen molar-refractivity contribution < 1.29 is 18.7 Å². The average molecular weight is 587 g/mol. The first kappa shape index (κ1) is 28.7. The zero-order valence-electron chi connectivity index (χ0n) is 23.6. The third kappa shape index (κ3) is 6.10. The number of aryl methyl sites for hydroxylation is 2. The van der Waals surface area contributed by atoms with Crippen LogP contribution in [0, 0.1) is 19.7 Å². The molecule has 0 atom stereocenters. The Balaban J connectivity index is 1.33. The second-order valence-electron chi connectivity index (χ2n) is 10.2. The summed E-state index contributed by atoms with van der Waals surface area (Å²) in [5, 5.41) is 8.11. The number of ketones is 1. The number of carbonyl (C=O) groups is 2. The van der Waals surface area contributed by atoms with E-state index in [-0.39, 0.29) is 40.6 Å². The molecule has 42 heavy (non-hydrogen) atoms. The van der Waals surface area contributed by atoms with E-state index >= 15 is 0 Å². The summed E-state index contributed by atoms with van der Waals surface area (Å²) in [6, 6.07) is 17.1. The van der Waals surface area contributed by atoms with Crippen LogP contribution in [0.15, 0.2) is 66.9 Å². The van der Waals surface area contributed by atoms with Crippen LogP contribution in [0.25, 0.3) is 16.6 Å². The molecule has 0 aliphatic carbocycles. The van der Waals surface area contributed by atoms with Gasteiger partial charge in [0.15, 0.2) is 11.6 Å². The standard InChI is InChI=1S/C31H31FN6O3S/c1-17(2)35-29(39)16-42-37-24-14-25-20(11-18(24)3)13-26(36-25)30(40)22-15-34-38(31(22)33)27-10-9-21(12-19(27)4)41-28-8-6-5-7-23(28)32/h5-15,17,36-37H,16,33H2,1-4H3,(H,35,39). The fourth-order valence-corrected chi connectivity index (χ4v) is 5.19. The number of anilines is 2. The van der Waals surface area contributed by atoms with Crippen LogP contribution >= 0.6 is 11.9 Å². The molecule has 0 saturated heterocycles. The highest BCUT2D eigenvalue weighted by Crippen LogP contribution is 2.30. The van der Waals surface area contributed by atoms with Crippen molar-refractivity contribution in [3.63, 3.8) is 0 Å². The number of nitrogens with two attached hydrogens (primary N) is 1. The summed E-state index contributed by atoms with van der Waals surface area (Å²) in [5.74, 6) is 0.257. The number of aromatic amines is 1. The lowest BCUT2D eigenvalue weighted by molar-refractivity contribution is -0.119. The van der Waals surface area contributed by atoms with E-state index in [0.29, 0.717) is 17.1 Å². The van der Waals surface area contributed by atoms with Crippen LogP contribution in [0.1, 0.15) is 41.0 Å². The number of ether oxygens (including phenoxy) is 1. The fraction of sp³-hybridized carbons (Fsp3) is 0.194. The summed E-state index contributed by atoms with van der Waals surface area (Å²) in [6.45, 7) is 7.65. The van der Waals surface area contributed by atoms with Crippen molar-refractivity contribution in [1.29, 1.82) is 0 Å². The minimum absolute atomic E-state index is 0.0471. The summed E-state index contributed by atoms with van der Waals surface area (Å²) in [7, 11) is 0. The zero-order chi connectivity index (χ0) is 30.0. The van der Waals surface area contributed by atoms with E-state index in [1.165, 1.54) is 28.9 Å². The Morgan fingerprint density at radius 3 is 2.62 bits per heavy atom. The molecule has 1 amide bonds. The molecule has 0 spiro atoms. The highest BCUT2D eigenvalue weighted by atomic mass is 32.2. The van der Waals surface area contributed by atoms with Gasteiger partial charge in [0.25, 0.3) is 0 Å². The van der Waals surface area contributed by atoms with Crippen LogP contribution in [-0.4, -0.2) is 38.2 Å². The molecule has 5 rings (SSSR count). The van der Waals surface area contributed by atoms with Crippen molar-refractivity contribution >= 4 is 46.0 Å². The summed E-state index contributed by atoms with van der Waals surface area (Å²) < 4.78 is 24.4. The maximum absolute atomic E-state index is 14.0. The predicted molar refractivity (Wildman–Crippen MR) is 165 cm³/mol. The fourth-order valence-electron chi connectivity index (χ4n) is 4.52. The van der Waals surface area contributed by atoms with Gasteiger partial charge < -0.3 is 25.5 Å². The molecule has 2 aromatic heterocycles. The largest absolute Gasteiger partial charge is 0.454 e. The number of nitrogens with zero attached hydrogens (tertiary/aromatic N) is 2. The smallest absolute Gasteiger partial charge is 0.232 e. The Morgan fingerprint density at radius 1 is 1.10 bits per heavy atom. The molecular weight excluding hydrogens is 555 g/mol. The van der Waals surface area contributed by atoms with Gasteiger partial charge in [0.1, 0.15) is 11.6 Å². The highest BCUT2D eigenvalue weighted by molar-refractivity contribution is 8.01. The minimum atomic E-state index is -0.455. The van der Waals surface area contributed by atoms with Crippen molar-refractivity contribution in [2.75, 3.05) is 16.2 Å². The van der Waals surface area contributed by atoms with Crippen molar-refractivity contribution in [3.05, 3.63) is 95.1 Å². The quantitative estimate of drug-likeness (QED) is 0.112. The maximum Gasteiger partial charge on any atom is 0.232 e. The summed E-state index contributed by atoms with van der Waals surface area (Å²) >= 11 is 1.30. The number of nitrogen functional groups attached to an aromatic ring is 1. The van der Waals surface area contributed by atoms with Gasteiger partial charge in [0.2, 0.25) is 11.7 Å². The van der Waals surface area contributed by atoms with Crippen LogP contribution in [0.5, 0.6) is 11.5 Å². The Hall–Kier alpha value is -4.77. The van der Waals surface area contributed by atoms with E-state index in [1.807, 2.05) is 39.8 Å². The number of aromatic nitrogens is 3. The number of H-pyrrole nitrogens is 1. The molecule has 0 radical (unpaired) electrons. The van der Waals surface area contributed by atoms with Gasteiger partial charge in [-0.15, -0.1) is 0 Å². The van der Waals surface area contributed by atoms with Gasteiger partial charge >= 0.3 is 0 Å². The minimum Gasteiger partial charge on any atom is -0.454 e.